The maximum atomic E-state index is 12.6. The van der Waals surface area contributed by atoms with E-state index >= 15 is 0 Å². The molecule has 0 saturated carbocycles. The third-order valence-electron chi connectivity index (χ3n) is 5.20. The first-order valence-corrected chi connectivity index (χ1v) is 10.2. The van der Waals surface area contributed by atoms with Gasteiger partial charge in [0.1, 0.15) is 11.5 Å². The molecule has 2 aliphatic rings. The lowest BCUT2D eigenvalue weighted by Crippen LogP contribution is -2.41. The highest BCUT2D eigenvalue weighted by molar-refractivity contribution is 6.38. The van der Waals surface area contributed by atoms with E-state index in [-0.39, 0.29) is 30.5 Å². The van der Waals surface area contributed by atoms with Crippen molar-refractivity contribution in [1.29, 1.82) is 0 Å². The molecule has 2 aliphatic heterocycles. The summed E-state index contributed by atoms with van der Waals surface area (Å²) >= 11 is 0. The SMILES string of the molecule is CC(OC(=O)C1=NN(c2ccccc2)C(=O)CC1)C(=O)NC1CCOc2ccccc21. The first kappa shape index (κ1) is 20.6. The molecule has 0 radical (unpaired) electrons. The van der Waals surface area contributed by atoms with Gasteiger partial charge in [-0.1, -0.05) is 36.4 Å². The van der Waals surface area contributed by atoms with E-state index in [1.54, 1.807) is 24.3 Å². The molecule has 2 aromatic carbocycles. The minimum absolute atomic E-state index is 0.111. The van der Waals surface area contributed by atoms with Gasteiger partial charge in [0.25, 0.3) is 5.91 Å². The second-order valence-electron chi connectivity index (χ2n) is 7.37. The number of nitrogens with one attached hydrogen (secondary N) is 1. The standard InChI is InChI=1S/C23H23N3O5/c1-15(22(28)24-18-13-14-30-20-10-6-5-9-17(18)20)31-23(29)19-11-12-21(27)26(25-19)16-7-3-2-4-8-16/h2-10,15,18H,11-14H2,1H3,(H,24,28). The van der Waals surface area contributed by atoms with Gasteiger partial charge in [0.15, 0.2) is 6.10 Å². The number of rotatable bonds is 5. The van der Waals surface area contributed by atoms with Crippen LogP contribution in [0.25, 0.3) is 0 Å². The quantitative estimate of drug-likeness (QED) is 0.749. The monoisotopic (exact) mass is 421 g/mol. The van der Waals surface area contributed by atoms with Crippen molar-refractivity contribution in [3.8, 4) is 5.75 Å². The number of anilines is 1. The average Bonchev–Trinajstić information content (AvgIpc) is 2.80. The van der Waals surface area contributed by atoms with Gasteiger partial charge in [0.2, 0.25) is 5.91 Å². The Morgan fingerprint density at radius 3 is 2.68 bits per heavy atom. The number of para-hydroxylation sites is 2. The Bertz CT molecular complexity index is 1020. The van der Waals surface area contributed by atoms with E-state index in [1.165, 1.54) is 11.9 Å². The summed E-state index contributed by atoms with van der Waals surface area (Å²) in [6.45, 7) is 2.01. The normalized spacial score (nSPS) is 18.9. The third-order valence-corrected chi connectivity index (χ3v) is 5.20. The minimum Gasteiger partial charge on any atom is -0.493 e. The van der Waals surface area contributed by atoms with Gasteiger partial charge in [-0.3, -0.25) is 9.59 Å². The molecule has 2 amide bonds. The van der Waals surface area contributed by atoms with Gasteiger partial charge < -0.3 is 14.8 Å². The third kappa shape index (κ3) is 4.58. The summed E-state index contributed by atoms with van der Waals surface area (Å²) in [4.78, 5) is 37.4. The predicted molar refractivity (Wildman–Crippen MR) is 114 cm³/mol. The number of hydrogen-bond acceptors (Lipinski definition) is 6. The van der Waals surface area contributed by atoms with Crippen molar-refractivity contribution in [1.82, 2.24) is 5.32 Å². The average molecular weight is 421 g/mol. The smallest absolute Gasteiger partial charge is 0.355 e. The number of carbonyl (C=O) groups excluding carboxylic acids is 3. The van der Waals surface area contributed by atoms with E-state index in [4.69, 9.17) is 9.47 Å². The second kappa shape index (κ2) is 8.99. The van der Waals surface area contributed by atoms with Crippen molar-refractivity contribution in [2.24, 2.45) is 5.10 Å². The Hall–Kier alpha value is -3.68. The van der Waals surface area contributed by atoms with Crippen LogP contribution in [0.4, 0.5) is 5.69 Å². The lowest BCUT2D eigenvalue weighted by molar-refractivity contribution is -0.149. The maximum Gasteiger partial charge on any atom is 0.355 e. The summed E-state index contributed by atoms with van der Waals surface area (Å²) in [5.74, 6) is -0.566. The Kier molecular flexibility index (Phi) is 5.97. The zero-order valence-corrected chi connectivity index (χ0v) is 17.1. The molecule has 0 spiro atoms. The first-order chi connectivity index (χ1) is 15.0. The van der Waals surface area contributed by atoms with Crippen LogP contribution >= 0.6 is 0 Å². The number of benzene rings is 2. The fraction of sp³-hybridized carbons (Fsp3) is 0.304. The summed E-state index contributed by atoms with van der Waals surface area (Å²) in [5.41, 5.74) is 1.58. The van der Waals surface area contributed by atoms with Gasteiger partial charge in [-0.25, -0.2) is 9.80 Å². The Morgan fingerprint density at radius 1 is 1.13 bits per heavy atom. The molecule has 160 valence electrons. The van der Waals surface area contributed by atoms with Crippen molar-refractivity contribution in [2.75, 3.05) is 11.6 Å². The minimum atomic E-state index is -1.01. The molecule has 0 aromatic heterocycles. The van der Waals surface area contributed by atoms with Crippen LogP contribution in [0.1, 0.15) is 37.8 Å². The van der Waals surface area contributed by atoms with E-state index in [0.29, 0.717) is 18.7 Å². The number of carbonyl (C=O) groups is 3. The van der Waals surface area contributed by atoms with Gasteiger partial charge in [0, 0.05) is 24.8 Å². The number of fused-ring (bicyclic) bond motifs is 1. The summed E-state index contributed by atoms with van der Waals surface area (Å²) in [6.07, 6.45) is -0.0668. The molecule has 2 aromatic rings. The van der Waals surface area contributed by atoms with Crippen LogP contribution in [0, 0.1) is 0 Å². The van der Waals surface area contributed by atoms with Crippen LogP contribution in [0.2, 0.25) is 0 Å². The number of ether oxygens (including phenoxy) is 2. The van der Waals surface area contributed by atoms with E-state index in [2.05, 4.69) is 10.4 Å². The topological polar surface area (TPSA) is 97.3 Å². The molecule has 2 heterocycles. The number of nitrogens with zero attached hydrogens (tertiary/aromatic N) is 2. The first-order valence-electron chi connectivity index (χ1n) is 10.2. The lowest BCUT2D eigenvalue weighted by atomic mass is 10.0. The van der Waals surface area contributed by atoms with Crippen molar-refractivity contribution in [2.45, 2.75) is 38.3 Å². The van der Waals surface area contributed by atoms with E-state index in [0.717, 1.165) is 11.3 Å². The van der Waals surface area contributed by atoms with Crippen LogP contribution in [0.5, 0.6) is 5.75 Å². The molecule has 0 saturated heterocycles. The molecule has 0 fully saturated rings. The molecular formula is C23H23N3O5. The molecular weight excluding hydrogens is 398 g/mol. The van der Waals surface area contributed by atoms with Gasteiger partial charge in [-0.2, -0.15) is 5.10 Å². The second-order valence-corrected chi connectivity index (χ2v) is 7.37. The van der Waals surface area contributed by atoms with Crippen LogP contribution in [0.15, 0.2) is 59.7 Å². The van der Waals surface area contributed by atoms with Crippen molar-refractivity contribution < 1.29 is 23.9 Å². The molecule has 1 N–H and O–H groups in total. The van der Waals surface area contributed by atoms with E-state index in [1.807, 2.05) is 30.3 Å². The summed E-state index contributed by atoms with van der Waals surface area (Å²) in [5, 5.41) is 8.29. The molecule has 2 atom stereocenters. The van der Waals surface area contributed by atoms with Crippen molar-refractivity contribution >= 4 is 29.2 Å². The highest BCUT2D eigenvalue weighted by atomic mass is 16.5. The Morgan fingerprint density at radius 2 is 1.87 bits per heavy atom. The van der Waals surface area contributed by atoms with Crippen LogP contribution in [-0.2, 0) is 19.1 Å². The lowest BCUT2D eigenvalue weighted by Gasteiger charge is -2.27. The zero-order valence-electron chi connectivity index (χ0n) is 17.1. The Labute approximate surface area is 179 Å². The van der Waals surface area contributed by atoms with E-state index in [9.17, 15) is 14.4 Å². The fourth-order valence-corrected chi connectivity index (χ4v) is 3.53. The molecule has 31 heavy (non-hydrogen) atoms. The molecule has 8 heteroatoms. The summed E-state index contributed by atoms with van der Waals surface area (Å²) in [6, 6.07) is 16.2. The van der Waals surface area contributed by atoms with Crippen molar-refractivity contribution in [3.63, 3.8) is 0 Å². The number of hydrogen-bond donors (Lipinski definition) is 1. The van der Waals surface area contributed by atoms with E-state index < -0.39 is 18.0 Å². The van der Waals surface area contributed by atoms with Gasteiger partial charge in [-0.05, 0) is 25.1 Å². The van der Waals surface area contributed by atoms with Crippen LogP contribution in [0.3, 0.4) is 0 Å². The van der Waals surface area contributed by atoms with Gasteiger partial charge in [-0.15, -0.1) is 0 Å². The van der Waals surface area contributed by atoms with Crippen LogP contribution < -0.4 is 15.1 Å². The highest BCUT2D eigenvalue weighted by Gasteiger charge is 2.30. The summed E-state index contributed by atoms with van der Waals surface area (Å²) < 4.78 is 11.0. The number of esters is 1. The maximum absolute atomic E-state index is 12.6. The predicted octanol–water partition coefficient (Wildman–Crippen LogP) is 2.74. The molecule has 2 unspecified atom stereocenters. The zero-order chi connectivity index (χ0) is 21.8. The largest absolute Gasteiger partial charge is 0.493 e. The molecule has 0 aliphatic carbocycles. The number of amides is 2. The molecule has 0 bridgehead atoms. The van der Waals surface area contributed by atoms with Crippen molar-refractivity contribution in [3.05, 3.63) is 60.2 Å². The molecule has 8 nitrogen and oxygen atoms in total. The summed E-state index contributed by atoms with van der Waals surface area (Å²) in [7, 11) is 0. The van der Waals surface area contributed by atoms with Gasteiger partial charge in [0.05, 0.1) is 18.3 Å². The number of hydrazone groups is 1. The van der Waals surface area contributed by atoms with Crippen LogP contribution in [-0.4, -0.2) is 36.2 Å². The Balaban J connectivity index is 1.40. The molecule has 4 rings (SSSR count). The fourth-order valence-electron chi connectivity index (χ4n) is 3.53. The van der Waals surface area contributed by atoms with Gasteiger partial charge >= 0.3 is 5.97 Å². The highest BCUT2D eigenvalue weighted by Crippen LogP contribution is 2.31.